The number of aliphatic hydroxyl groups excluding tert-OH is 1. The van der Waals surface area contributed by atoms with Gasteiger partial charge in [0, 0.05) is 36.8 Å². The topological polar surface area (TPSA) is 144 Å². The van der Waals surface area contributed by atoms with Crippen LogP contribution in [0.4, 0.5) is 17.6 Å². The molecule has 0 unspecified atom stereocenters. The Kier molecular flexibility index (Phi) is 8.02. The van der Waals surface area contributed by atoms with Gasteiger partial charge in [-0.15, -0.1) is 0 Å². The van der Waals surface area contributed by atoms with Crippen molar-refractivity contribution in [3.63, 3.8) is 0 Å². The summed E-state index contributed by atoms with van der Waals surface area (Å²) in [4.78, 5) is 39.6. The fourth-order valence-corrected chi connectivity index (χ4v) is 6.62. The van der Waals surface area contributed by atoms with E-state index in [9.17, 15) is 45.5 Å². The largest absolute Gasteiger partial charge is 0.443 e. The van der Waals surface area contributed by atoms with Gasteiger partial charge in [-0.25, -0.2) is 17.6 Å². The van der Waals surface area contributed by atoms with E-state index in [4.69, 9.17) is 4.42 Å². The van der Waals surface area contributed by atoms with Crippen molar-refractivity contribution in [2.75, 3.05) is 6.54 Å². The lowest BCUT2D eigenvalue weighted by atomic mass is 10.1. The number of halogens is 4. The molecule has 1 saturated heterocycles. The van der Waals surface area contributed by atoms with E-state index in [1.165, 1.54) is 6.07 Å². The Bertz CT molecular complexity index is 1960. The van der Waals surface area contributed by atoms with Crippen molar-refractivity contribution in [1.82, 2.24) is 18.8 Å². The molecule has 234 valence electrons. The van der Waals surface area contributed by atoms with E-state index in [0.29, 0.717) is 0 Å². The highest BCUT2D eigenvalue weighted by Gasteiger charge is 2.46. The first kappa shape index (κ1) is 31.2. The zero-order valence-electron chi connectivity index (χ0n) is 23.2. The van der Waals surface area contributed by atoms with Crippen LogP contribution in [0.2, 0.25) is 0 Å². The van der Waals surface area contributed by atoms with Crippen molar-refractivity contribution in [3.8, 4) is 5.69 Å². The average Bonchev–Trinajstić information content (AvgIpc) is 3.56. The maximum atomic E-state index is 13.6. The third-order valence-electron chi connectivity index (χ3n) is 7.24. The molecule has 2 N–H and O–H groups in total. The number of carbonyl (C=O) groups is 1. The quantitative estimate of drug-likeness (QED) is 0.296. The van der Waals surface area contributed by atoms with Gasteiger partial charge in [0.2, 0.25) is 11.0 Å². The fraction of sp³-hybridized carbons (Fsp3) is 0.321. The molecule has 1 aliphatic heterocycles. The number of hydrogen-bond donors (Lipinski definition) is 2. The summed E-state index contributed by atoms with van der Waals surface area (Å²) in [6.45, 7) is 2.34. The van der Waals surface area contributed by atoms with Crippen LogP contribution in [0.5, 0.6) is 0 Å². The first-order valence-electron chi connectivity index (χ1n) is 13.3. The predicted octanol–water partition coefficient (Wildman–Crippen LogP) is 2.92. The second-order valence-corrected chi connectivity index (χ2v) is 12.3. The number of rotatable bonds is 7. The standard InChI is InChI=1S/C28H26F4N4O7S/c1-15(2)36-26(39)17(14-34(27(36)40)20-6-3-18(4-7-20)28(30,31)32)13-33-25(38)24-21(37)9-10-35(24)44(41,42)23-12-16-11-19(29)5-8-22(16)43-23/h3-8,11-12,14-15,21,24,37H,9-10,13H2,1-2H3,(H,33,38)/t21-,24-/m0/s1. The third-order valence-corrected chi connectivity index (χ3v) is 8.98. The summed E-state index contributed by atoms with van der Waals surface area (Å²) in [5.41, 5.74) is -2.56. The molecule has 0 spiro atoms. The monoisotopic (exact) mass is 638 g/mol. The summed E-state index contributed by atoms with van der Waals surface area (Å²) in [6.07, 6.45) is -5.03. The molecule has 1 fully saturated rings. The van der Waals surface area contributed by atoms with Gasteiger partial charge in [-0.2, -0.15) is 17.5 Å². The third kappa shape index (κ3) is 5.67. The molecule has 0 saturated carbocycles. The highest BCUT2D eigenvalue weighted by Crippen LogP contribution is 2.31. The van der Waals surface area contributed by atoms with Crippen LogP contribution in [0, 0.1) is 5.82 Å². The first-order chi connectivity index (χ1) is 20.6. The molecule has 2 aromatic heterocycles. The Morgan fingerprint density at radius 1 is 1.11 bits per heavy atom. The number of aromatic nitrogens is 2. The number of hydrogen-bond acceptors (Lipinski definition) is 7. The number of furan rings is 1. The Balaban J connectivity index is 1.43. The predicted molar refractivity (Wildman–Crippen MR) is 148 cm³/mol. The van der Waals surface area contributed by atoms with Gasteiger partial charge >= 0.3 is 11.9 Å². The molecule has 0 radical (unpaired) electrons. The highest BCUT2D eigenvalue weighted by molar-refractivity contribution is 7.89. The Morgan fingerprint density at radius 2 is 1.80 bits per heavy atom. The highest BCUT2D eigenvalue weighted by atomic mass is 32.2. The molecule has 3 heterocycles. The van der Waals surface area contributed by atoms with E-state index < -0.39 is 74.6 Å². The summed E-state index contributed by atoms with van der Waals surface area (Å²) in [7, 11) is -4.48. The lowest BCUT2D eigenvalue weighted by Crippen LogP contribution is -2.50. The number of amides is 1. The lowest BCUT2D eigenvalue weighted by Gasteiger charge is -2.24. The molecule has 1 aliphatic rings. The van der Waals surface area contributed by atoms with Crippen LogP contribution < -0.4 is 16.6 Å². The summed E-state index contributed by atoms with van der Waals surface area (Å²) < 4.78 is 87.5. The maximum absolute atomic E-state index is 13.6. The minimum absolute atomic E-state index is 0.0270. The molecule has 0 bridgehead atoms. The molecule has 2 atom stereocenters. The van der Waals surface area contributed by atoms with Crippen molar-refractivity contribution < 1.29 is 40.3 Å². The van der Waals surface area contributed by atoms with Gasteiger partial charge in [-0.1, -0.05) is 0 Å². The molecular formula is C28H26F4N4O7S. The molecule has 4 aromatic rings. The molecule has 2 aromatic carbocycles. The molecule has 44 heavy (non-hydrogen) atoms. The lowest BCUT2D eigenvalue weighted by molar-refractivity contribution is -0.137. The van der Waals surface area contributed by atoms with E-state index in [1.807, 2.05) is 0 Å². The Hall–Kier alpha value is -4.28. The number of nitrogens with one attached hydrogen (secondary N) is 1. The van der Waals surface area contributed by atoms with Crippen LogP contribution >= 0.6 is 0 Å². The minimum atomic E-state index is -4.61. The number of aliphatic hydroxyl groups is 1. The van der Waals surface area contributed by atoms with Gasteiger partial charge in [0.15, 0.2) is 0 Å². The van der Waals surface area contributed by atoms with Gasteiger partial charge in [-0.05, 0) is 62.7 Å². The normalized spacial score (nSPS) is 17.9. The number of alkyl halides is 3. The van der Waals surface area contributed by atoms with Gasteiger partial charge in [-0.3, -0.25) is 18.7 Å². The van der Waals surface area contributed by atoms with Crippen LogP contribution in [0.1, 0.15) is 37.4 Å². The SMILES string of the molecule is CC(C)n1c(=O)c(CNC(=O)[C@@H]2[C@@H](O)CCN2S(=O)(=O)c2cc3cc(F)ccc3o2)cn(-c2ccc(C(F)(F)F)cc2)c1=O. The van der Waals surface area contributed by atoms with Gasteiger partial charge in [0.05, 0.1) is 22.9 Å². The Morgan fingerprint density at radius 3 is 2.43 bits per heavy atom. The molecular weight excluding hydrogens is 612 g/mol. The van der Waals surface area contributed by atoms with E-state index in [2.05, 4.69) is 5.32 Å². The summed E-state index contributed by atoms with van der Waals surface area (Å²) >= 11 is 0. The maximum Gasteiger partial charge on any atom is 0.416 e. The number of fused-ring (bicyclic) bond motifs is 1. The second-order valence-electron chi connectivity index (χ2n) is 10.5. The fourth-order valence-electron chi connectivity index (χ4n) is 5.04. The number of sulfonamides is 1. The molecule has 0 aliphatic carbocycles. The second kappa shape index (κ2) is 11.3. The van der Waals surface area contributed by atoms with Gasteiger partial charge < -0.3 is 14.8 Å². The molecule has 5 rings (SSSR count). The summed E-state index contributed by atoms with van der Waals surface area (Å²) in [5.74, 6) is -1.57. The van der Waals surface area contributed by atoms with Gasteiger partial charge in [0.1, 0.15) is 17.4 Å². The zero-order valence-corrected chi connectivity index (χ0v) is 24.0. The van der Waals surface area contributed by atoms with Crippen molar-refractivity contribution in [2.24, 2.45) is 0 Å². The van der Waals surface area contributed by atoms with E-state index in [-0.39, 0.29) is 35.2 Å². The first-order valence-corrected chi connectivity index (χ1v) is 14.7. The minimum Gasteiger partial charge on any atom is -0.443 e. The Labute approximate surface area is 247 Å². The van der Waals surface area contributed by atoms with Crippen LogP contribution in [0.15, 0.2) is 73.8 Å². The summed E-state index contributed by atoms with van der Waals surface area (Å²) in [6, 6.07) is 5.93. The van der Waals surface area contributed by atoms with Crippen LogP contribution in [-0.2, 0) is 27.5 Å². The van der Waals surface area contributed by atoms with Crippen LogP contribution in [-0.4, -0.2) is 51.6 Å². The zero-order chi connectivity index (χ0) is 32.1. The van der Waals surface area contributed by atoms with E-state index in [1.54, 1.807) is 13.8 Å². The number of benzene rings is 2. The molecule has 1 amide bonds. The van der Waals surface area contributed by atoms with Crippen molar-refractivity contribution >= 4 is 26.9 Å². The van der Waals surface area contributed by atoms with E-state index in [0.717, 1.165) is 62.1 Å². The smallest absolute Gasteiger partial charge is 0.416 e. The van der Waals surface area contributed by atoms with Crippen LogP contribution in [0.3, 0.4) is 0 Å². The van der Waals surface area contributed by atoms with Crippen LogP contribution in [0.25, 0.3) is 16.7 Å². The average molecular weight is 639 g/mol. The van der Waals surface area contributed by atoms with Crippen molar-refractivity contribution in [3.05, 3.63) is 92.5 Å². The van der Waals surface area contributed by atoms with Crippen molar-refractivity contribution in [2.45, 2.75) is 56.3 Å². The van der Waals surface area contributed by atoms with E-state index >= 15 is 0 Å². The number of nitrogens with zero attached hydrogens (tertiary/aromatic N) is 3. The van der Waals surface area contributed by atoms with Crippen molar-refractivity contribution in [1.29, 1.82) is 0 Å². The van der Waals surface area contributed by atoms with Gasteiger partial charge in [0.25, 0.3) is 15.6 Å². The number of carbonyl (C=O) groups excluding carboxylic acids is 1. The summed E-state index contributed by atoms with van der Waals surface area (Å²) in [5, 5.41) is 12.6. The molecule has 11 nitrogen and oxygen atoms in total. The molecule has 16 heteroatoms.